The molecule has 2 aromatic carbocycles. The van der Waals surface area contributed by atoms with E-state index < -0.39 is 0 Å². The van der Waals surface area contributed by atoms with E-state index in [0.29, 0.717) is 0 Å². The Labute approximate surface area is 70.9 Å². The van der Waals surface area contributed by atoms with E-state index in [1.54, 1.807) is 0 Å². The minimum absolute atomic E-state index is 0.744. The van der Waals surface area contributed by atoms with Crippen molar-refractivity contribution in [3.8, 4) is 6.07 Å². The molecule has 1 heteroatoms. The molecule has 0 fully saturated rings. The number of hydrogen-bond acceptors (Lipinski definition) is 1. The van der Waals surface area contributed by atoms with Crippen LogP contribution in [0.25, 0.3) is 10.8 Å². The van der Waals surface area contributed by atoms with Crippen molar-refractivity contribution in [3.05, 3.63) is 48.0 Å². The van der Waals surface area contributed by atoms with Crippen molar-refractivity contribution in [1.29, 1.82) is 5.26 Å². The van der Waals surface area contributed by atoms with Gasteiger partial charge in [0.1, 0.15) is 0 Å². The maximum Gasteiger partial charge on any atom is 0.0998 e. The number of rotatable bonds is 0. The Morgan fingerprint density at radius 1 is 0.917 bits per heavy atom. The first-order valence-corrected chi connectivity index (χ1v) is 3.79. The summed E-state index contributed by atoms with van der Waals surface area (Å²) in [5.41, 5.74) is 0.744. The van der Waals surface area contributed by atoms with Crippen LogP contribution < -0.4 is 0 Å². The van der Waals surface area contributed by atoms with Crippen LogP contribution in [0.4, 0.5) is 0 Å². The molecule has 0 bridgehead atoms. The Balaban J connectivity index is 2.91. The van der Waals surface area contributed by atoms with E-state index in [9.17, 15) is 0 Å². The molecule has 0 spiro atoms. The maximum atomic E-state index is 8.79. The maximum absolute atomic E-state index is 8.79. The molecule has 2 aromatic rings. The Morgan fingerprint density at radius 3 is 2.50 bits per heavy atom. The highest BCUT2D eigenvalue weighted by atomic mass is 14.4. The van der Waals surface area contributed by atoms with Crippen LogP contribution in [0.15, 0.2) is 42.5 Å². The number of benzene rings is 2. The first-order chi connectivity index (χ1) is 5.92. The topological polar surface area (TPSA) is 23.8 Å². The van der Waals surface area contributed by atoms with Gasteiger partial charge < -0.3 is 0 Å². The summed E-state index contributed by atoms with van der Waals surface area (Å²) >= 11 is 0. The van der Waals surface area contributed by atoms with E-state index in [4.69, 9.17) is 5.26 Å². The van der Waals surface area contributed by atoms with Crippen LogP contribution in [0.1, 0.15) is 5.56 Å². The number of fused-ring (bicyclic) bond motifs is 1. The summed E-state index contributed by atoms with van der Waals surface area (Å²) in [6, 6.07) is 15.8. The quantitative estimate of drug-likeness (QED) is 0.535. The summed E-state index contributed by atoms with van der Waals surface area (Å²) in [7, 11) is 0. The lowest BCUT2D eigenvalue weighted by molar-refractivity contribution is 1.50. The Kier molecular flexibility index (Phi) is 1.53. The van der Waals surface area contributed by atoms with Gasteiger partial charge in [-0.1, -0.05) is 36.4 Å². The second-order valence-corrected chi connectivity index (χ2v) is 2.64. The number of nitriles is 1. The predicted molar refractivity (Wildman–Crippen MR) is 48.7 cm³/mol. The molecule has 1 nitrogen and oxygen atoms in total. The molecule has 0 aliphatic carbocycles. The number of hydrogen-bond donors (Lipinski definition) is 0. The zero-order valence-electron chi connectivity index (χ0n) is 6.49. The van der Waals surface area contributed by atoms with E-state index >= 15 is 0 Å². The standard InChI is InChI=1S/C11H7N/c12-8-10-6-3-5-9-4-1-2-7-11(9)10/h1-7H/i8+1. The SMILES string of the molecule is N#[13C]c1cccc2ccccc12. The van der Waals surface area contributed by atoms with Gasteiger partial charge in [-0.3, -0.25) is 0 Å². The van der Waals surface area contributed by atoms with Crippen molar-refractivity contribution in [3.63, 3.8) is 0 Å². The molecule has 0 saturated carbocycles. The fourth-order valence-corrected chi connectivity index (χ4v) is 1.32. The average molecular weight is 154 g/mol. The molecule has 0 heterocycles. The van der Waals surface area contributed by atoms with Gasteiger partial charge in [0.15, 0.2) is 0 Å². The molecular weight excluding hydrogens is 147 g/mol. The van der Waals surface area contributed by atoms with Gasteiger partial charge in [-0.25, -0.2) is 0 Å². The lowest BCUT2D eigenvalue weighted by Gasteiger charge is -1.97. The second kappa shape index (κ2) is 2.67. The van der Waals surface area contributed by atoms with Crippen LogP contribution >= 0.6 is 0 Å². The monoisotopic (exact) mass is 154 g/mol. The van der Waals surface area contributed by atoms with Gasteiger partial charge in [0.25, 0.3) is 0 Å². The van der Waals surface area contributed by atoms with Gasteiger partial charge in [0.2, 0.25) is 0 Å². The average Bonchev–Trinajstić information content (AvgIpc) is 2.17. The minimum Gasteiger partial charge on any atom is -0.192 e. The van der Waals surface area contributed by atoms with Crippen LogP contribution in [0.5, 0.6) is 0 Å². The lowest BCUT2D eigenvalue weighted by Crippen LogP contribution is -1.77. The Morgan fingerprint density at radius 2 is 1.67 bits per heavy atom. The van der Waals surface area contributed by atoms with Crippen molar-refractivity contribution < 1.29 is 0 Å². The summed E-state index contributed by atoms with van der Waals surface area (Å²) in [5, 5.41) is 10.9. The zero-order valence-corrected chi connectivity index (χ0v) is 6.49. The third-order valence-electron chi connectivity index (χ3n) is 1.91. The predicted octanol–water partition coefficient (Wildman–Crippen LogP) is 2.71. The summed E-state index contributed by atoms with van der Waals surface area (Å²) in [6.07, 6.45) is 0. The number of nitrogens with zero attached hydrogens (tertiary/aromatic N) is 1. The fourth-order valence-electron chi connectivity index (χ4n) is 1.32. The molecular formula is C11H7N. The fraction of sp³-hybridized carbons (Fsp3) is 0. The van der Waals surface area contributed by atoms with E-state index in [1.807, 2.05) is 42.5 Å². The molecule has 0 saturated heterocycles. The van der Waals surface area contributed by atoms with Crippen molar-refractivity contribution in [2.45, 2.75) is 0 Å². The lowest BCUT2D eigenvalue weighted by atomic mass is 10.1. The van der Waals surface area contributed by atoms with Gasteiger partial charge >= 0.3 is 0 Å². The van der Waals surface area contributed by atoms with E-state index in [1.165, 1.54) is 0 Å². The molecule has 0 unspecified atom stereocenters. The first-order valence-electron chi connectivity index (χ1n) is 3.79. The summed E-state index contributed by atoms with van der Waals surface area (Å²) in [6.45, 7) is 0. The molecule has 56 valence electrons. The van der Waals surface area contributed by atoms with Gasteiger partial charge in [-0.2, -0.15) is 5.26 Å². The van der Waals surface area contributed by atoms with Crippen LogP contribution in [-0.2, 0) is 0 Å². The molecule has 12 heavy (non-hydrogen) atoms. The molecule has 0 amide bonds. The van der Waals surface area contributed by atoms with Crippen molar-refractivity contribution in [2.24, 2.45) is 0 Å². The Bertz CT molecular complexity index is 447. The van der Waals surface area contributed by atoms with Crippen molar-refractivity contribution in [1.82, 2.24) is 0 Å². The van der Waals surface area contributed by atoms with Gasteiger partial charge in [-0.15, -0.1) is 0 Å². The largest absolute Gasteiger partial charge is 0.192 e. The molecule has 0 aliphatic heterocycles. The summed E-state index contributed by atoms with van der Waals surface area (Å²) in [4.78, 5) is 0. The van der Waals surface area contributed by atoms with Crippen molar-refractivity contribution in [2.75, 3.05) is 0 Å². The third kappa shape index (κ3) is 0.943. The third-order valence-corrected chi connectivity index (χ3v) is 1.91. The van der Waals surface area contributed by atoms with Crippen LogP contribution in [0.2, 0.25) is 0 Å². The van der Waals surface area contributed by atoms with Crippen molar-refractivity contribution >= 4 is 10.8 Å². The molecule has 0 N–H and O–H groups in total. The van der Waals surface area contributed by atoms with Crippen LogP contribution in [0, 0.1) is 11.3 Å². The van der Waals surface area contributed by atoms with E-state index in [0.717, 1.165) is 16.3 Å². The van der Waals surface area contributed by atoms with Gasteiger partial charge in [-0.05, 0) is 16.8 Å². The zero-order chi connectivity index (χ0) is 8.39. The molecule has 2 rings (SSSR count). The van der Waals surface area contributed by atoms with Crippen LogP contribution in [-0.4, -0.2) is 0 Å². The Hall–Kier alpha value is -1.81. The van der Waals surface area contributed by atoms with Gasteiger partial charge in [0.05, 0.1) is 11.6 Å². The highest BCUT2D eigenvalue weighted by Crippen LogP contribution is 2.16. The smallest absolute Gasteiger partial charge is 0.0998 e. The molecule has 0 aliphatic rings. The highest BCUT2D eigenvalue weighted by molar-refractivity contribution is 5.87. The molecule has 0 atom stereocenters. The summed E-state index contributed by atoms with van der Waals surface area (Å²) < 4.78 is 0. The highest BCUT2D eigenvalue weighted by Gasteiger charge is 1.96. The van der Waals surface area contributed by atoms with Gasteiger partial charge in [0, 0.05) is 0 Å². The van der Waals surface area contributed by atoms with Crippen LogP contribution in [0.3, 0.4) is 0 Å². The first kappa shape index (κ1) is 6.87. The van der Waals surface area contributed by atoms with E-state index in [2.05, 4.69) is 6.07 Å². The van der Waals surface area contributed by atoms with E-state index in [-0.39, 0.29) is 0 Å². The second-order valence-electron chi connectivity index (χ2n) is 2.64. The summed E-state index contributed by atoms with van der Waals surface area (Å²) in [5.74, 6) is 0. The molecule has 0 radical (unpaired) electrons. The minimum atomic E-state index is 0.744. The molecule has 0 aromatic heterocycles. The normalized spacial score (nSPS) is 9.58.